The summed E-state index contributed by atoms with van der Waals surface area (Å²) in [6.45, 7) is -0.499. The number of phenols is 1. The van der Waals surface area contributed by atoms with Gasteiger partial charge in [-0.25, -0.2) is 0 Å². The third-order valence-corrected chi connectivity index (χ3v) is 7.97. The van der Waals surface area contributed by atoms with Crippen molar-refractivity contribution in [3.8, 4) is 5.75 Å². The topological polar surface area (TPSA) is 220 Å². The quantitative estimate of drug-likeness (QED) is 0.0807. The van der Waals surface area contributed by atoms with Gasteiger partial charge in [0.1, 0.15) is 19.2 Å². The molecule has 0 saturated heterocycles. The van der Waals surface area contributed by atoms with Crippen LogP contribution in [0, 0.1) is 13.8 Å². The van der Waals surface area contributed by atoms with Gasteiger partial charge in [-0.15, -0.1) is 12.4 Å². The zero-order valence-corrected chi connectivity index (χ0v) is 29.6. The van der Waals surface area contributed by atoms with E-state index in [1.807, 2.05) is 36.6 Å². The number of hydrogen-bond donors (Lipinski definition) is 6. The van der Waals surface area contributed by atoms with E-state index < -0.39 is 48.3 Å². The minimum atomic E-state index is -1.13. The summed E-state index contributed by atoms with van der Waals surface area (Å²) in [6, 6.07) is 8.86. The molecule has 4 amide bonds. The van der Waals surface area contributed by atoms with Crippen LogP contribution in [0.1, 0.15) is 57.1 Å². The molecule has 0 aliphatic rings. The molecule has 0 heterocycles. The number of ether oxygens (including phenoxy) is 1. The van der Waals surface area contributed by atoms with Crippen LogP contribution in [0.4, 0.5) is 0 Å². The molecule has 9 N–H and O–H groups in total. The van der Waals surface area contributed by atoms with Crippen molar-refractivity contribution in [3.63, 3.8) is 0 Å². The van der Waals surface area contributed by atoms with Gasteiger partial charge in [0.15, 0.2) is 0 Å². The predicted octanol–water partition coefficient (Wildman–Crippen LogP) is 1.41. The number of aryl methyl sites for hydroxylation is 2. The Hall–Kier alpha value is -3.85. The second kappa shape index (κ2) is 24.3. The van der Waals surface area contributed by atoms with Crippen molar-refractivity contribution in [2.24, 2.45) is 5.73 Å². The zero-order chi connectivity index (χ0) is 36.9. The number of amides is 4. The molecule has 0 radical (unpaired) electrons. The van der Waals surface area contributed by atoms with Crippen LogP contribution in [0.5, 0.6) is 5.75 Å². The third-order valence-electron chi connectivity index (χ3n) is 7.33. The summed E-state index contributed by atoms with van der Waals surface area (Å²) in [4.78, 5) is 63.9. The lowest BCUT2D eigenvalue weighted by molar-refractivity contribution is -0.140. The highest BCUT2D eigenvalue weighted by atomic mass is 35.5. The average molecular weight is 729 g/mol. The Labute approximate surface area is 303 Å². The maximum atomic E-state index is 13.3. The Morgan fingerprint density at radius 3 is 2.22 bits per heavy atom. The van der Waals surface area contributed by atoms with Crippen molar-refractivity contribution in [1.29, 1.82) is 0 Å². The van der Waals surface area contributed by atoms with E-state index >= 15 is 0 Å². The van der Waals surface area contributed by atoms with E-state index in [4.69, 9.17) is 4.15 Å². The first kappa shape index (κ1) is 39.6. The lowest BCUT2D eigenvalue weighted by Crippen LogP contribution is -2.54. The van der Waals surface area contributed by atoms with Crippen LogP contribution >= 0.6 is 24.2 Å². The fourth-order valence-electron chi connectivity index (χ4n) is 4.72. The molecule has 2 aromatic carbocycles. The van der Waals surface area contributed by atoms with Gasteiger partial charge in [-0.1, -0.05) is 36.8 Å². The second-order valence-electron chi connectivity index (χ2n) is 11.0. The van der Waals surface area contributed by atoms with Crippen molar-refractivity contribution in [3.05, 3.63) is 64.7 Å². The summed E-state index contributed by atoms with van der Waals surface area (Å²) in [6.07, 6.45) is 4.52. The summed E-state index contributed by atoms with van der Waals surface area (Å²) in [5, 5.41) is 20.7. The molecular formula is C34H52ClN5O8S. The number of methoxy groups -OCH3 is 1. The number of carbonyl (C=O) groups is 5. The van der Waals surface area contributed by atoms with Crippen LogP contribution in [-0.2, 0) is 41.6 Å². The summed E-state index contributed by atoms with van der Waals surface area (Å²) in [5.74, 6) is -2.14. The molecule has 49 heavy (non-hydrogen) atoms. The number of carbonyl (C=O) groups excluding carboxylic acids is 5. The molecule has 2 aromatic rings. The first-order valence-corrected chi connectivity index (χ1v) is 16.8. The number of rotatable bonds is 21. The van der Waals surface area contributed by atoms with E-state index in [9.17, 15) is 29.1 Å². The van der Waals surface area contributed by atoms with E-state index in [0.29, 0.717) is 54.7 Å². The van der Waals surface area contributed by atoms with Gasteiger partial charge in [0.05, 0.1) is 19.7 Å². The fourth-order valence-corrected chi connectivity index (χ4v) is 5.19. The maximum absolute atomic E-state index is 13.3. The molecule has 13 nitrogen and oxygen atoms in total. The number of unbranched alkanes of at least 4 members (excludes halogenated alkanes) is 2. The number of halogens is 1. The van der Waals surface area contributed by atoms with Gasteiger partial charge in [0, 0.05) is 22.1 Å². The predicted molar refractivity (Wildman–Crippen MR) is 194 cm³/mol. The van der Waals surface area contributed by atoms with Gasteiger partial charge in [-0.3, -0.25) is 24.0 Å². The van der Waals surface area contributed by atoms with Crippen molar-refractivity contribution in [2.45, 2.75) is 76.9 Å². The lowest BCUT2D eigenvalue weighted by atomic mass is 9.96. The number of benzene rings is 2. The van der Waals surface area contributed by atoms with Crippen molar-refractivity contribution >= 4 is 53.8 Å². The largest absolute Gasteiger partial charge is 0.508 e. The minimum Gasteiger partial charge on any atom is -0.508 e. The molecule has 15 heteroatoms. The van der Waals surface area contributed by atoms with E-state index in [2.05, 4.69) is 31.7 Å². The van der Waals surface area contributed by atoms with E-state index in [-0.39, 0.29) is 62.7 Å². The first-order valence-electron chi connectivity index (χ1n) is 17.3. The lowest BCUT2D eigenvalue weighted by Gasteiger charge is -2.22. The molecule has 3 atom stereocenters. The third kappa shape index (κ3) is 16.9. The van der Waals surface area contributed by atoms with Gasteiger partial charge in [0.2, 0.25) is 23.6 Å². The fraction of sp³-hybridized carbons (Fsp3) is 0.500. The van der Waals surface area contributed by atoms with Gasteiger partial charge in [-0.2, -0.15) is 11.8 Å². The SMILES string of the molecule is Cl.O.[2H]Cc1cc(O)cc(C[2H])c1C[C@H](N[2H])C(=O)N[C@@H](CCSC)C(=O)NCC(=O)N[C@@H](Cc1ccccc1)C(=O)NCCCCCC(=O)OC. The van der Waals surface area contributed by atoms with Crippen LogP contribution in [0.2, 0.25) is 1.41 Å². The molecule has 0 spiro atoms. The molecule has 0 unspecified atom stereocenters. The number of nitrogens with two attached hydrogens (primary N) is 1. The molecule has 0 aromatic heterocycles. The van der Waals surface area contributed by atoms with E-state index in [0.717, 1.165) is 5.56 Å². The van der Waals surface area contributed by atoms with Crippen LogP contribution < -0.4 is 27.0 Å². The normalized spacial score (nSPS) is 13.0. The molecule has 0 aliphatic heterocycles. The Morgan fingerprint density at radius 1 is 0.939 bits per heavy atom. The molecular weight excluding hydrogens is 674 g/mol. The summed E-state index contributed by atoms with van der Waals surface area (Å²) < 4.78 is 28.0. The Balaban J connectivity index is 0.0000130. The summed E-state index contributed by atoms with van der Waals surface area (Å²) >= 11 is 1.46. The highest BCUT2D eigenvalue weighted by Gasteiger charge is 2.26. The molecule has 0 fully saturated rings. The Bertz CT molecular complexity index is 1390. The van der Waals surface area contributed by atoms with Crippen LogP contribution in [0.25, 0.3) is 0 Å². The zero-order valence-electron chi connectivity index (χ0n) is 31.0. The number of aromatic hydroxyl groups is 1. The minimum absolute atomic E-state index is 0. The monoisotopic (exact) mass is 728 g/mol. The van der Waals surface area contributed by atoms with Gasteiger partial charge in [-0.05, 0) is 85.9 Å². The summed E-state index contributed by atoms with van der Waals surface area (Å²) in [7, 11) is 1.33. The number of esters is 1. The van der Waals surface area contributed by atoms with Crippen molar-refractivity contribution in [2.75, 3.05) is 32.2 Å². The number of thioether (sulfide) groups is 1. The van der Waals surface area contributed by atoms with E-state index in [1.165, 1.54) is 31.0 Å². The number of phenolic OH excluding ortho intramolecular Hbond substituents is 1. The Morgan fingerprint density at radius 2 is 1.61 bits per heavy atom. The molecule has 0 saturated carbocycles. The van der Waals surface area contributed by atoms with Crippen LogP contribution in [0.3, 0.4) is 0 Å². The molecule has 2 rings (SSSR count). The average Bonchev–Trinajstić information content (AvgIpc) is 3.12. The first-order chi connectivity index (χ1) is 24.1. The second-order valence-corrected chi connectivity index (χ2v) is 12.0. The van der Waals surface area contributed by atoms with Crippen molar-refractivity contribution in [1.82, 2.24) is 21.3 Å². The summed E-state index contributed by atoms with van der Waals surface area (Å²) in [5.41, 5.74) is 4.38. The number of nitrogens with one attached hydrogen (secondary N) is 4. The number of hydrogen-bond acceptors (Lipinski definition) is 9. The smallest absolute Gasteiger partial charge is 0.305 e. The van der Waals surface area contributed by atoms with Crippen LogP contribution in [-0.4, -0.2) is 90.5 Å². The molecule has 0 bridgehead atoms. The van der Waals surface area contributed by atoms with Gasteiger partial charge < -0.3 is 42.3 Å². The highest BCUT2D eigenvalue weighted by molar-refractivity contribution is 7.98. The standard InChI is InChI=1S/C34H49N5O7S.ClH.H2O/c1-22-17-25(40)18-23(2)26(22)20-27(35)32(43)39-28(14-16-47-4)33(44)37-21-30(41)38-29(19-24-11-7-5-8-12-24)34(45)36-15-10-6-9-13-31(42)46-3;;/h5,7-8,11-12,17-18,27-29,40H,6,9-10,13-16,19-21,35H2,1-4H3,(H,36,45)(H,37,44)(H,38,41)(H,39,43);1H;1H2/t27-,28-,29-;;/m0../s1/i1D,2D;;/hD. The van der Waals surface area contributed by atoms with Crippen LogP contribution in [0.15, 0.2) is 42.5 Å². The molecule has 274 valence electrons. The van der Waals surface area contributed by atoms with Crippen molar-refractivity contribution < 1.29 is 43.4 Å². The van der Waals surface area contributed by atoms with Gasteiger partial charge >= 0.3 is 5.97 Å². The van der Waals surface area contributed by atoms with Gasteiger partial charge in [0.25, 0.3) is 0 Å². The Kier molecular flexibility index (Phi) is 19.6. The van der Waals surface area contributed by atoms with E-state index in [1.54, 1.807) is 0 Å². The molecule has 0 aliphatic carbocycles. The highest BCUT2D eigenvalue weighted by Crippen LogP contribution is 2.22. The maximum Gasteiger partial charge on any atom is 0.305 e.